The summed E-state index contributed by atoms with van der Waals surface area (Å²) < 4.78 is 35.9. The zero-order chi connectivity index (χ0) is 32.2. The highest BCUT2D eigenvalue weighted by molar-refractivity contribution is 5.88. The van der Waals surface area contributed by atoms with Crippen molar-refractivity contribution in [2.45, 2.75) is 71.1 Å². The number of rotatable bonds is 23. The molecular formula is C35H47FO8. The van der Waals surface area contributed by atoms with Crippen LogP contribution in [0.25, 0.3) is 0 Å². The summed E-state index contributed by atoms with van der Waals surface area (Å²) in [5, 5.41) is 17.8. The SMILES string of the molecule is C=C(CO)C(=O)OCCOc1ccc(CCCCc2ccc(OCCOC(=O)C(=C)CO)cc2CCCCCCC)c(F)c1. The lowest BCUT2D eigenvalue weighted by molar-refractivity contribution is -0.141. The number of aliphatic hydroxyl groups excluding tert-OH is 2. The Bertz CT molecular complexity index is 1210. The molecular weight excluding hydrogens is 567 g/mol. The van der Waals surface area contributed by atoms with Crippen molar-refractivity contribution in [1.29, 1.82) is 0 Å². The number of hydrogen-bond donors (Lipinski definition) is 2. The third-order valence-electron chi connectivity index (χ3n) is 7.02. The molecule has 2 rings (SSSR count). The Hall–Kier alpha value is -3.69. The first kappa shape index (κ1) is 36.5. The summed E-state index contributed by atoms with van der Waals surface area (Å²) in [7, 11) is 0. The van der Waals surface area contributed by atoms with E-state index in [1.54, 1.807) is 12.1 Å². The number of benzene rings is 2. The van der Waals surface area contributed by atoms with Crippen LogP contribution in [0.4, 0.5) is 4.39 Å². The number of ether oxygens (including phenoxy) is 4. The van der Waals surface area contributed by atoms with Gasteiger partial charge in [0.15, 0.2) is 0 Å². The van der Waals surface area contributed by atoms with Gasteiger partial charge in [0, 0.05) is 6.07 Å². The van der Waals surface area contributed by atoms with Crippen molar-refractivity contribution < 1.29 is 43.1 Å². The molecule has 0 bridgehead atoms. The predicted octanol–water partition coefficient (Wildman–Crippen LogP) is 5.85. The van der Waals surface area contributed by atoms with Crippen LogP contribution >= 0.6 is 0 Å². The fraction of sp³-hybridized carbons (Fsp3) is 0.486. The predicted molar refractivity (Wildman–Crippen MR) is 167 cm³/mol. The van der Waals surface area contributed by atoms with E-state index in [1.165, 1.54) is 42.9 Å². The van der Waals surface area contributed by atoms with E-state index >= 15 is 0 Å². The number of aryl methyl sites for hydroxylation is 3. The van der Waals surface area contributed by atoms with Gasteiger partial charge in [0.1, 0.15) is 43.7 Å². The van der Waals surface area contributed by atoms with Gasteiger partial charge in [-0.3, -0.25) is 0 Å². The Morgan fingerprint density at radius 3 is 1.68 bits per heavy atom. The average Bonchev–Trinajstić information content (AvgIpc) is 3.03. The maximum absolute atomic E-state index is 14.7. The molecule has 0 atom stereocenters. The molecule has 2 aromatic carbocycles. The summed E-state index contributed by atoms with van der Waals surface area (Å²) in [4.78, 5) is 23.1. The minimum absolute atomic E-state index is 0.00756. The molecule has 0 saturated heterocycles. The van der Waals surface area contributed by atoms with E-state index < -0.39 is 25.2 Å². The molecule has 0 amide bonds. The lowest BCUT2D eigenvalue weighted by atomic mass is 9.96. The van der Waals surface area contributed by atoms with Gasteiger partial charge in [0.05, 0.1) is 24.4 Å². The zero-order valence-corrected chi connectivity index (χ0v) is 25.9. The van der Waals surface area contributed by atoms with Gasteiger partial charge in [-0.1, -0.05) is 57.9 Å². The molecule has 0 spiro atoms. The summed E-state index contributed by atoms with van der Waals surface area (Å²) >= 11 is 0. The number of aliphatic hydroxyl groups is 2. The normalized spacial score (nSPS) is 10.7. The summed E-state index contributed by atoms with van der Waals surface area (Å²) in [5.41, 5.74) is 3.08. The maximum Gasteiger partial charge on any atom is 0.335 e. The number of unbranched alkanes of at least 4 members (excludes halogenated alkanes) is 5. The highest BCUT2D eigenvalue weighted by atomic mass is 19.1. The van der Waals surface area contributed by atoms with Crippen LogP contribution in [0.15, 0.2) is 60.7 Å². The van der Waals surface area contributed by atoms with Gasteiger partial charge in [-0.05, 0) is 73.4 Å². The highest BCUT2D eigenvalue weighted by Crippen LogP contribution is 2.24. The van der Waals surface area contributed by atoms with E-state index in [4.69, 9.17) is 29.2 Å². The summed E-state index contributed by atoms with van der Waals surface area (Å²) in [6.45, 7) is 8.41. The Kier molecular flexibility index (Phi) is 17.5. The molecule has 0 unspecified atom stereocenters. The number of halogens is 1. The maximum atomic E-state index is 14.7. The van der Waals surface area contributed by atoms with E-state index in [0.717, 1.165) is 32.1 Å². The van der Waals surface area contributed by atoms with Gasteiger partial charge < -0.3 is 29.2 Å². The molecule has 2 N–H and O–H groups in total. The third kappa shape index (κ3) is 13.7. The fourth-order valence-electron chi connectivity index (χ4n) is 4.46. The van der Waals surface area contributed by atoms with Gasteiger partial charge in [0.25, 0.3) is 0 Å². The van der Waals surface area contributed by atoms with Gasteiger partial charge in [-0.2, -0.15) is 0 Å². The summed E-state index contributed by atoms with van der Waals surface area (Å²) in [6.07, 6.45) is 10.1. The van der Waals surface area contributed by atoms with Crippen molar-refractivity contribution in [2.75, 3.05) is 39.6 Å². The first-order valence-electron chi connectivity index (χ1n) is 15.4. The molecule has 0 aliphatic carbocycles. The lowest BCUT2D eigenvalue weighted by Gasteiger charge is -2.14. The third-order valence-corrected chi connectivity index (χ3v) is 7.02. The Morgan fingerprint density at radius 2 is 1.14 bits per heavy atom. The van der Waals surface area contributed by atoms with E-state index in [2.05, 4.69) is 32.2 Å². The van der Waals surface area contributed by atoms with E-state index in [1.807, 2.05) is 6.07 Å². The Morgan fingerprint density at radius 1 is 0.659 bits per heavy atom. The van der Waals surface area contributed by atoms with Crippen LogP contribution in [0, 0.1) is 5.82 Å². The van der Waals surface area contributed by atoms with Crippen molar-refractivity contribution in [1.82, 2.24) is 0 Å². The molecule has 0 heterocycles. The van der Waals surface area contributed by atoms with E-state index in [9.17, 15) is 14.0 Å². The van der Waals surface area contributed by atoms with Crippen molar-refractivity contribution >= 4 is 11.9 Å². The smallest absolute Gasteiger partial charge is 0.335 e. The second kappa shape index (κ2) is 21.1. The van der Waals surface area contributed by atoms with Crippen LogP contribution in [0.1, 0.15) is 68.6 Å². The molecule has 0 aromatic heterocycles. The molecule has 0 saturated carbocycles. The van der Waals surface area contributed by atoms with E-state index in [-0.39, 0.29) is 43.4 Å². The number of esters is 2. The largest absolute Gasteiger partial charge is 0.490 e. The average molecular weight is 615 g/mol. The first-order chi connectivity index (χ1) is 21.3. The molecule has 0 fully saturated rings. The molecule has 8 nitrogen and oxygen atoms in total. The Balaban J connectivity index is 1.85. The van der Waals surface area contributed by atoms with E-state index in [0.29, 0.717) is 23.5 Å². The molecule has 9 heteroatoms. The van der Waals surface area contributed by atoms with Gasteiger partial charge in [0.2, 0.25) is 0 Å². The van der Waals surface area contributed by atoms with Crippen LogP contribution in [0.2, 0.25) is 0 Å². The molecule has 0 aliphatic rings. The standard InChI is InChI=1S/C35H47FO8/c1-4-5-6-7-8-13-30-22-31(41-18-20-43-34(39)26(2)24-37)16-14-28(30)11-9-10-12-29-15-17-32(23-33(29)36)42-19-21-44-35(40)27(3)25-38/h14-17,22-23,37-38H,2-13,18-21,24-25H2,1H3. The highest BCUT2D eigenvalue weighted by Gasteiger charge is 2.11. The summed E-state index contributed by atoms with van der Waals surface area (Å²) in [5.74, 6) is -0.599. The topological polar surface area (TPSA) is 112 Å². The van der Waals surface area contributed by atoms with Gasteiger partial charge in [-0.15, -0.1) is 0 Å². The van der Waals surface area contributed by atoms with Crippen LogP contribution in [0.3, 0.4) is 0 Å². The molecule has 2 aromatic rings. The number of carbonyl (C=O) groups excluding carboxylic acids is 2. The minimum atomic E-state index is -0.691. The van der Waals surface area contributed by atoms with Crippen molar-refractivity contribution in [3.63, 3.8) is 0 Å². The molecule has 242 valence electrons. The zero-order valence-electron chi connectivity index (χ0n) is 25.9. The van der Waals surface area contributed by atoms with Crippen molar-refractivity contribution in [3.8, 4) is 11.5 Å². The van der Waals surface area contributed by atoms with Gasteiger partial charge in [-0.25, -0.2) is 14.0 Å². The lowest BCUT2D eigenvalue weighted by Crippen LogP contribution is -2.15. The second-order valence-electron chi connectivity index (χ2n) is 10.5. The van der Waals surface area contributed by atoms with Gasteiger partial charge >= 0.3 is 11.9 Å². The quantitative estimate of drug-likeness (QED) is 0.0912. The monoisotopic (exact) mass is 614 g/mol. The van der Waals surface area contributed by atoms with Crippen LogP contribution in [-0.2, 0) is 38.3 Å². The van der Waals surface area contributed by atoms with Crippen molar-refractivity contribution in [2.24, 2.45) is 0 Å². The number of hydrogen-bond acceptors (Lipinski definition) is 8. The van der Waals surface area contributed by atoms with Crippen molar-refractivity contribution in [3.05, 3.63) is 83.2 Å². The molecule has 0 radical (unpaired) electrons. The minimum Gasteiger partial charge on any atom is -0.490 e. The fourth-order valence-corrected chi connectivity index (χ4v) is 4.46. The number of carbonyl (C=O) groups is 2. The van der Waals surface area contributed by atoms with Crippen LogP contribution in [-0.4, -0.2) is 61.8 Å². The summed E-state index contributed by atoms with van der Waals surface area (Å²) in [6, 6.07) is 10.8. The molecule has 44 heavy (non-hydrogen) atoms. The first-order valence-corrected chi connectivity index (χ1v) is 15.4. The Labute approximate surface area is 260 Å². The second-order valence-corrected chi connectivity index (χ2v) is 10.5. The van der Waals surface area contributed by atoms with Crippen LogP contribution < -0.4 is 9.47 Å². The molecule has 0 aliphatic heterocycles. The van der Waals surface area contributed by atoms with Crippen LogP contribution in [0.5, 0.6) is 11.5 Å².